The van der Waals surface area contributed by atoms with Crippen molar-refractivity contribution in [1.29, 1.82) is 0 Å². The van der Waals surface area contributed by atoms with Gasteiger partial charge < -0.3 is 25.4 Å². The number of rotatable bonds is 9. The van der Waals surface area contributed by atoms with Gasteiger partial charge in [-0.15, -0.1) is 0 Å². The first kappa shape index (κ1) is 22.9. The molecular weight excluding hydrogens is 444 g/mol. The van der Waals surface area contributed by atoms with Crippen molar-refractivity contribution in [2.24, 2.45) is 0 Å². The molecule has 5 N–H and O–H groups in total. The summed E-state index contributed by atoms with van der Waals surface area (Å²) in [5.41, 5.74) is 4.64. The van der Waals surface area contributed by atoms with Gasteiger partial charge in [-0.25, -0.2) is 8.42 Å². The van der Waals surface area contributed by atoms with E-state index < -0.39 is 16.1 Å². The highest BCUT2D eigenvalue weighted by Gasteiger charge is 2.22. The Morgan fingerprint density at radius 1 is 1.03 bits per heavy atom. The average Bonchev–Trinajstić information content (AvgIpc) is 3.13. The first-order valence-electron chi connectivity index (χ1n) is 10.5. The van der Waals surface area contributed by atoms with Crippen LogP contribution in [-0.4, -0.2) is 49.7 Å². The monoisotopic (exact) mass is 470 g/mol. The molecule has 0 bridgehead atoms. The predicted octanol–water partition coefficient (Wildman–Crippen LogP) is 2.74. The van der Waals surface area contributed by atoms with Gasteiger partial charge >= 0.3 is 0 Å². The predicted molar refractivity (Wildman–Crippen MR) is 126 cm³/mol. The van der Waals surface area contributed by atoms with Gasteiger partial charge in [-0.05, 0) is 40.5 Å². The Kier molecular flexibility index (Phi) is 6.46. The van der Waals surface area contributed by atoms with Crippen molar-refractivity contribution < 1.29 is 28.5 Å². The van der Waals surface area contributed by atoms with E-state index in [1.165, 1.54) is 23.8 Å². The molecule has 1 atom stereocenters. The van der Waals surface area contributed by atoms with Crippen molar-refractivity contribution in [3.05, 3.63) is 71.3 Å². The summed E-state index contributed by atoms with van der Waals surface area (Å²) in [7, 11) is -3.56. The molecule has 33 heavy (non-hydrogen) atoms. The van der Waals surface area contributed by atoms with E-state index in [1.807, 2.05) is 24.3 Å². The highest BCUT2D eigenvalue weighted by Crippen LogP contribution is 2.43. The average molecular weight is 471 g/mol. The second kappa shape index (κ2) is 9.30. The van der Waals surface area contributed by atoms with Crippen LogP contribution in [-0.2, 0) is 16.4 Å². The summed E-state index contributed by atoms with van der Waals surface area (Å²) in [4.78, 5) is 0. The molecule has 0 radical (unpaired) electrons. The summed E-state index contributed by atoms with van der Waals surface area (Å²) in [6.07, 6.45) is 0.776. The number of ether oxygens (including phenoxy) is 1. The lowest BCUT2D eigenvalue weighted by Crippen LogP contribution is -2.26. The van der Waals surface area contributed by atoms with E-state index in [1.54, 1.807) is 6.07 Å². The molecule has 0 amide bonds. The first-order chi connectivity index (χ1) is 15.7. The zero-order valence-electron chi connectivity index (χ0n) is 18.1. The number of phenolic OH excluding ortho intramolecular Hbond substituents is 2. The number of nitrogens with one attached hydrogen (secondary N) is 2. The summed E-state index contributed by atoms with van der Waals surface area (Å²) in [6.45, 7) is 0.969. The number of benzene rings is 3. The van der Waals surface area contributed by atoms with E-state index >= 15 is 0 Å². The molecule has 0 spiro atoms. The maximum Gasteiger partial charge on any atom is 0.229 e. The molecular formula is C24H26N2O6S. The topological polar surface area (TPSA) is 128 Å². The van der Waals surface area contributed by atoms with Crippen molar-refractivity contribution in [2.45, 2.75) is 12.5 Å². The number of aromatic hydroxyl groups is 2. The number of phenols is 2. The van der Waals surface area contributed by atoms with Crippen LogP contribution in [0.25, 0.3) is 11.1 Å². The summed E-state index contributed by atoms with van der Waals surface area (Å²) in [6, 6.07) is 15.8. The molecule has 1 aliphatic rings. The summed E-state index contributed by atoms with van der Waals surface area (Å²) >= 11 is 0. The Morgan fingerprint density at radius 2 is 1.82 bits per heavy atom. The zero-order valence-corrected chi connectivity index (χ0v) is 18.9. The molecule has 3 aromatic carbocycles. The lowest BCUT2D eigenvalue weighted by atomic mass is 10.1. The van der Waals surface area contributed by atoms with Crippen molar-refractivity contribution in [1.82, 2.24) is 5.32 Å². The molecule has 0 saturated carbocycles. The Balaban J connectivity index is 1.30. The Labute approximate surface area is 192 Å². The molecule has 9 heteroatoms. The highest BCUT2D eigenvalue weighted by atomic mass is 32.2. The zero-order chi connectivity index (χ0) is 23.6. The number of hydrogen-bond donors (Lipinski definition) is 5. The van der Waals surface area contributed by atoms with Gasteiger partial charge in [0.05, 0.1) is 18.0 Å². The minimum atomic E-state index is -3.56. The third kappa shape index (κ3) is 5.39. The summed E-state index contributed by atoms with van der Waals surface area (Å²) in [5.74, 6) is 0.561. The van der Waals surface area contributed by atoms with Gasteiger partial charge in [-0.1, -0.05) is 30.3 Å². The van der Waals surface area contributed by atoms with Gasteiger partial charge in [0, 0.05) is 31.1 Å². The maximum absolute atomic E-state index is 11.4. The quantitative estimate of drug-likeness (QED) is 0.188. The largest absolute Gasteiger partial charge is 0.507 e. The molecule has 4 rings (SSSR count). The van der Waals surface area contributed by atoms with E-state index in [-0.39, 0.29) is 23.7 Å². The molecule has 0 saturated heterocycles. The number of anilines is 1. The Morgan fingerprint density at radius 3 is 2.61 bits per heavy atom. The molecule has 8 nitrogen and oxygen atoms in total. The van der Waals surface area contributed by atoms with Crippen molar-refractivity contribution in [3.8, 4) is 28.4 Å². The second-order valence-corrected chi connectivity index (χ2v) is 9.77. The number of aliphatic hydroxyl groups excluding tert-OH is 1. The normalized spacial score (nSPS) is 13.3. The second-order valence-electron chi connectivity index (χ2n) is 8.02. The molecule has 0 aromatic heterocycles. The van der Waals surface area contributed by atoms with Crippen LogP contribution < -0.4 is 14.8 Å². The van der Waals surface area contributed by atoms with Gasteiger partial charge in [0.15, 0.2) is 0 Å². The van der Waals surface area contributed by atoms with Crippen LogP contribution in [0.5, 0.6) is 17.2 Å². The summed E-state index contributed by atoms with van der Waals surface area (Å²) < 4.78 is 30.8. The Hall–Kier alpha value is -3.27. The van der Waals surface area contributed by atoms with Crippen molar-refractivity contribution in [2.75, 3.05) is 30.7 Å². The maximum atomic E-state index is 11.4. The lowest BCUT2D eigenvalue weighted by Gasteiger charge is -2.15. The molecule has 0 fully saturated rings. The minimum Gasteiger partial charge on any atom is -0.507 e. The third-order valence-corrected chi connectivity index (χ3v) is 6.05. The van der Waals surface area contributed by atoms with E-state index in [2.05, 4.69) is 16.1 Å². The van der Waals surface area contributed by atoms with Gasteiger partial charge in [-0.3, -0.25) is 4.72 Å². The van der Waals surface area contributed by atoms with Crippen molar-refractivity contribution >= 4 is 15.7 Å². The van der Waals surface area contributed by atoms with E-state index in [4.69, 9.17) is 4.74 Å². The molecule has 1 aliphatic carbocycles. The highest BCUT2D eigenvalue weighted by molar-refractivity contribution is 7.92. The fourth-order valence-corrected chi connectivity index (χ4v) is 4.47. The SMILES string of the molecule is CS(=O)(=O)Nc1cc(C(O)CNCCOc2cc(O)c3c(c2)-c2ccccc2C3)ccc1O. The summed E-state index contributed by atoms with van der Waals surface area (Å²) in [5, 5.41) is 33.7. The molecule has 0 heterocycles. The van der Waals surface area contributed by atoms with Crippen LogP contribution >= 0.6 is 0 Å². The smallest absolute Gasteiger partial charge is 0.229 e. The molecule has 1 unspecified atom stereocenters. The van der Waals surface area contributed by atoms with Crippen LogP contribution in [0.15, 0.2) is 54.6 Å². The van der Waals surface area contributed by atoms with Gasteiger partial charge in [0.1, 0.15) is 23.9 Å². The third-order valence-electron chi connectivity index (χ3n) is 5.46. The van der Waals surface area contributed by atoms with E-state index in [0.717, 1.165) is 22.9 Å². The molecule has 0 aliphatic heterocycles. The van der Waals surface area contributed by atoms with Gasteiger partial charge in [-0.2, -0.15) is 0 Å². The molecule has 174 valence electrons. The van der Waals surface area contributed by atoms with Crippen LogP contribution in [0, 0.1) is 0 Å². The Bertz CT molecular complexity index is 1280. The van der Waals surface area contributed by atoms with Crippen LogP contribution in [0.2, 0.25) is 0 Å². The van der Waals surface area contributed by atoms with Gasteiger partial charge in [0.25, 0.3) is 0 Å². The van der Waals surface area contributed by atoms with Crippen LogP contribution in [0.4, 0.5) is 5.69 Å². The van der Waals surface area contributed by atoms with Crippen LogP contribution in [0.3, 0.4) is 0 Å². The first-order valence-corrected chi connectivity index (χ1v) is 12.4. The van der Waals surface area contributed by atoms with E-state index in [9.17, 15) is 23.7 Å². The van der Waals surface area contributed by atoms with Crippen LogP contribution in [0.1, 0.15) is 22.8 Å². The molecule has 3 aromatic rings. The van der Waals surface area contributed by atoms with E-state index in [0.29, 0.717) is 30.9 Å². The number of sulfonamides is 1. The minimum absolute atomic E-state index is 0.00961. The van der Waals surface area contributed by atoms with Crippen molar-refractivity contribution in [3.63, 3.8) is 0 Å². The fraction of sp³-hybridized carbons (Fsp3) is 0.250. The fourth-order valence-electron chi connectivity index (χ4n) is 3.91. The number of hydrogen-bond acceptors (Lipinski definition) is 7. The lowest BCUT2D eigenvalue weighted by molar-refractivity contribution is 0.172. The standard InChI is InChI=1S/C24H26N2O6S/c1-33(30,31)26-21-11-16(6-7-22(21)27)24(29)14-25-8-9-32-17-12-19-18-5-3-2-4-15(18)10-20(19)23(28)13-17/h2-7,11-13,24-29H,8-10,14H2,1H3. The number of fused-ring (bicyclic) bond motifs is 3. The van der Waals surface area contributed by atoms with Gasteiger partial charge in [0.2, 0.25) is 10.0 Å². The number of aliphatic hydroxyl groups is 1.